The van der Waals surface area contributed by atoms with Gasteiger partial charge in [-0.15, -0.1) is 0 Å². The summed E-state index contributed by atoms with van der Waals surface area (Å²) in [5.41, 5.74) is -2.14. The van der Waals surface area contributed by atoms with E-state index in [1.807, 2.05) is 0 Å². The summed E-state index contributed by atoms with van der Waals surface area (Å²) in [6.07, 6.45) is -1.22. The Labute approximate surface area is 159 Å². The molecule has 0 radical (unpaired) electrons. The Balaban J connectivity index is 1.64. The van der Waals surface area contributed by atoms with Crippen LogP contribution in [0.3, 0.4) is 0 Å². The quantitative estimate of drug-likeness (QED) is 0.860. The number of halogens is 3. The first-order chi connectivity index (χ1) is 13.0. The molecule has 0 saturated heterocycles. The number of carbonyl (C=O) groups excluding carboxylic acids is 1. The number of nitrogens with zero attached hydrogens (tertiary/aromatic N) is 4. The fourth-order valence-electron chi connectivity index (χ4n) is 3.75. The molecule has 152 valence electrons. The minimum Gasteiger partial charge on any atom is -0.375 e. The molecule has 1 fully saturated rings. The van der Waals surface area contributed by atoms with Crippen molar-refractivity contribution in [3.05, 3.63) is 34.5 Å². The fourth-order valence-corrected chi connectivity index (χ4v) is 3.75. The van der Waals surface area contributed by atoms with Crippen LogP contribution in [-0.2, 0) is 19.2 Å². The van der Waals surface area contributed by atoms with E-state index < -0.39 is 23.4 Å². The molecule has 1 amide bonds. The monoisotopic (exact) mass is 398 g/mol. The van der Waals surface area contributed by atoms with Gasteiger partial charge in [-0.1, -0.05) is 12.1 Å². The summed E-state index contributed by atoms with van der Waals surface area (Å²) in [6, 6.07) is 0. The molecule has 1 N–H and O–H groups in total. The van der Waals surface area contributed by atoms with E-state index in [9.17, 15) is 23.1 Å². The molecular weight excluding hydrogens is 377 g/mol. The number of aryl methyl sites for hydroxylation is 1. The molecule has 4 rings (SSSR count). The second-order valence-electron chi connectivity index (χ2n) is 7.90. The van der Waals surface area contributed by atoms with Crippen LogP contribution < -0.4 is 0 Å². The minimum atomic E-state index is -4.89. The molecule has 1 aliphatic heterocycles. The first-order valence-corrected chi connectivity index (χ1v) is 9.11. The van der Waals surface area contributed by atoms with Gasteiger partial charge in [0.2, 0.25) is 5.60 Å². The third kappa shape index (κ3) is 2.90. The molecule has 0 spiro atoms. The van der Waals surface area contributed by atoms with Gasteiger partial charge in [-0.05, 0) is 19.8 Å². The molecule has 0 aromatic carbocycles. The van der Waals surface area contributed by atoms with Gasteiger partial charge in [0.05, 0.1) is 17.8 Å². The van der Waals surface area contributed by atoms with Gasteiger partial charge >= 0.3 is 6.18 Å². The van der Waals surface area contributed by atoms with Crippen molar-refractivity contribution in [2.45, 2.75) is 56.8 Å². The van der Waals surface area contributed by atoms with Crippen LogP contribution in [-0.4, -0.2) is 43.6 Å². The lowest BCUT2D eigenvalue weighted by Crippen LogP contribution is -2.42. The van der Waals surface area contributed by atoms with Crippen LogP contribution in [0.5, 0.6) is 0 Å². The molecule has 1 unspecified atom stereocenters. The van der Waals surface area contributed by atoms with Crippen LogP contribution in [0.1, 0.15) is 71.6 Å². The summed E-state index contributed by atoms with van der Waals surface area (Å²) >= 11 is 0. The lowest BCUT2D eigenvalue weighted by molar-refractivity contribution is -0.261. The zero-order chi connectivity index (χ0) is 20.4. The zero-order valence-electron chi connectivity index (χ0n) is 15.7. The number of rotatable bonds is 3. The summed E-state index contributed by atoms with van der Waals surface area (Å²) in [7, 11) is 1.75. The highest BCUT2D eigenvalue weighted by Gasteiger charge is 2.55. The highest BCUT2D eigenvalue weighted by molar-refractivity contribution is 5.95. The van der Waals surface area contributed by atoms with Crippen LogP contribution in [0.25, 0.3) is 0 Å². The number of carbonyl (C=O) groups is 1. The van der Waals surface area contributed by atoms with Crippen molar-refractivity contribution in [2.75, 3.05) is 6.54 Å². The van der Waals surface area contributed by atoms with Crippen molar-refractivity contribution in [2.24, 2.45) is 7.05 Å². The SMILES string of the molecule is C[C@H]1CN(C(=O)c2cn(C)nc2C2CC2)Cc2onc(C(C)(O)C(F)(F)F)c21. The Morgan fingerprint density at radius 1 is 1.36 bits per heavy atom. The molecule has 2 aromatic heterocycles. The zero-order valence-corrected chi connectivity index (χ0v) is 15.7. The number of aliphatic hydroxyl groups is 1. The van der Waals surface area contributed by atoms with Crippen LogP contribution >= 0.6 is 0 Å². The molecule has 3 heterocycles. The molecule has 1 aliphatic carbocycles. The number of aromatic nitrogens is 3. The van der Waals surface area contributed by atoms with Crippen LogP contribution in [0, 0.1) is 0 Å². The summed E-state index contributed by atoms with van der Waals surface area (Å²) < 4.78 is 46.5. The number of amides is 1. The van der Waals surface area contributed by atoms with Gasteiger partial charge in [0.15, 0.2) is 5.76 Å². The highest BCUT2D eigenvalue weighted by Crippen LogP contribution is 2.44. The number of hydrogen-bond donors (Lipinski definition) is 1. The third-order valence-corrected chi connectivity index (χ3v) is 5.48. The lowest BCUT2D eigenvalue weighted by Gasteiger charge is -2.32. The molecule has 1 saturated carbocycles. The van der Waals surface area contributed by atoms with Gasteiger partial charge in [0, 0.05) is 37.2 Å². The minimum absolute atomic E-state index is 0.00154. The van der Waals surface area contributed by atoms with Crippen molar-refractivity contribution in [1.82, 2.24) is 19.8 Å². The molecule has 2 aliphatic rings. The van der Waals surface area contributed by atoms with Crippen molar-refractivity contribution < 1.29 is 27.6 Å². The van der Waals surface area contributed by atoms with Crippen LogP contribution in [0.4, 0.5) is 13.2 Å². The maximum atomic E-state index is 13.2. The summed E-state index contributed by atoms with van der Waals surface area (Å²) in [6.45, 7) is 2.55. The number of alkyl halides is 3. The predicted octanol–water partition coefficient (Wildman–Crippen LogP) is 2.81. The van der Waals surface area contributed by atoms with E-state index >= 15 is 0 Å². The molecule has 0 bridgehead atoms. The van der Waals surface area contributed by atoms with Gasteiger partial charge < -0.3 is 14.5 Å². The number of fused-ring (bicyclic) bond motifs is 1. The Kier molecular flexibility index (Phi) is 4.11. The number of hydrogen-bond acceptors (Lipinski definition) is 5. The van der Waals surface area contributed by atoms with Crippen LogP contribution in [0.15, 0.2) is 10.7 Å². The Bertz CT molecular complexity index is 927. The topological polar surface area (TPSA) is 84.4 Å². The predicted molar refractivity (Wildman–Crippen MR) is 90.5 cm³/mol. The Morgan fingerprint density at radius 2 is 2.04 bits per heavy atom. The van der Waals surface area contributed by atoms with E-state index in [1.54, 1.807) is 24.9 Å². The second kappa shape index (κ2) is 6.07. The Morgan fingerprint density at radius 3 is 2.64 bits per heavy atom. The largest absolute Gasteiger partial charge is 0.422 e. The fraction of sp³-hybridized carbons (Fsp3) is 0.611. The van der Waals surface area contributed by atoms with Crippen molar-refractivity contribution in [3.8, 4) is 0 Å². The lowest BCUT2D eigenvalue weighted by atomic mass is 9.87. The molecule has 10 heteroatoms. The second-order valence-corrected chi connectivity index (χ2v) is 7.90. The standard InChI is InChI=1S/C18H21F3N4O3/c1-9-6-25(16(26)11-7-24(3)22-14(11)10-4-5-10)8-12-13(9)15(23-28-12)17(2,27)18(19,20)21/h7,9-10,27H,4-6,8H2,1-3H3/t9-,17?/m0/s1. The highest BCUT2D eigenvalue weighted by atomic mass is 19.4. The van der Waals surface area contributed by atoms with Gasteiger partial charge in [-0.3, -0.25) is 9.48 Å². The van der Waals surface area contributed by atoms with Gasteiger partial charge in [-0.2, -0.15) is 18.3 Å². The third-order valence-electron chi connectivity index (χ3n) is 5.48. The van der Waals surface area contributed by atoms with E-state index in [4.69, 9.17) is 4.52 Å². The normalized spacial score (nSPS) is 22.1. The first-order valence-electron chi connectivity index (χ1n) is 9.11. The average Bonchev–Trinajstić information content (AvgIpc) is 3.22. The van der Waals surface area contributed by atoms with E-state index in [-0.39, 0.29) is 36.2 Å². The van der Waals surface area contributed by atoms with Crippen molar-refractivity contribution >= 4 is 5.91 Å². The smallest absolute Gasteiger partial charge is 0.375 e. The van der Waals surface area contributed by atoms with E-state index in [0.717, 1.165) is 18.5 Å². The van der Waals surface area contributed by atoms with E-state index in [2.05, 4.69) is 10.3 Å². The van der Waals surface area contributed by atoms with E-state index in [1.165, 1.54) is 4.90 Å². The summed E-state index contributed by atoms with van der Waals surface area (Å²) in [4.78, 5) is 14.6. The maximum Gasteiger partial charge on any atom is 0.422 e. The summed E-state index contributed by atoms with van der Waals surface area (Å²) in [5, 5.41) is 17.9. The van der Waals surface area contributed by atoms with E-state index in [0.29, 0.717) is 12.5 Å². The maximum absolute atomic E-state index is 13.2. The van der Waals surface area contributed by atoms with Crippen molar-refractivity contribution in [3.63, 3.8) is 0 Å². The van der Waals surface area contributed by atoms with Crippen LogP contribution in [0.2, 0.25) is 0 Å². The van der Waals surface area contributed by atoms with Gasteiger partial charge in [-0.25, -0.2) is 0 Å². The summed E-state index contributed by atoms with van der Waals surface area (Å²) in [5.74, 6) is -0.239. The molecular formula is C18H21F3N4O3. The van der Waals surface area contributed by atoms with Gasteiger partial charge in [0.25, 0.3) is 5.91 Å². The average molecular weight is 398 g/mol. The van der Waals surface area contributed by atoms with Crippen molar-refractivity contribution in [1.29, 1.82) is 0 Å². The Hall–Kier alpha value is -2.36. The van der Waals surface area contributed by atoms with Gasteiger partial charge in [0.1, 0.15) is 5.69 Å². The first kappa shape index (κ1) is 19.0. The molecule has 28 heavy (non-hydrogen) atoms. The molecule has 2 atom stereocenters. The molecule has 2 aromatic rings. The molecule has 7 nitrogen and oxygen atoms in total.